The topological polar surface area (TPSA) is 59.0 Å². The summed E-state index contributed by atoms with van der Waals surface area (Å²) >= 11 is 0. The third-order valence-corrected chi connectivity index (χ3v) is 5.17. The number of nitrogens with one attached hydrogen (secondary N) is 2. The van der Waals surface area contributed by atoms with E-state index in [0.717, 1.165) is 43.7 Å². The molecule has 0 aliphatic carbocycles. The van der Waals surface area contributed by atoms with Gasteiger partial charge in [0.05, 0.1) is 5.69 Å². The first-order chi connectivity index (χ1) is 12.1. The van der Waals surface area contributed by atoms with Gasteiger partial charge in [-0.05, 0) is 69.3 Å². The van der Waals surface area contributed by atoms with Gasteiger partial charge in [-0.3, -0.25) is 9.48 Å². The number of hydrogen-bond donors (Lipinski definition) is 2. The molecule has 25 heavy (non-hydrogen) atoms. The van der Waals surface area contributed by atoms with Crippen LogP contribution in [0.3, 0.4) is 0 Å². The zero-order chi connectivity index (χ0) is 17.8. The molecule has 1 amide bonds. The minimum atomic E-state index is 0.00555. The van der Waals surface area contributed by atoms with Crippen molar-refractivity contribution in [3.63, 3.8) is 0 Å². The summed E-state index contributed by atoms with van der Waals surface area (Å²) in [7, 11) is 0. The number of hydrogen-bond acceptors (Lipinski definition) is 3. The first kappa shape index (κ1) is 17.7. The van der Waals surface area contributed by atoms with Crippen LogP contribution in [-0.4, -0.2) is 35.3 Å². The maximum absolute atomic E-state index is 12.5. The second-order valence-corrected chi connectivity index (χ2v) is 6.79. The SMILES string of the molecule is CCn1nc(C)c(CCNC(=O)c2cccc([C@H]3CCNC3)c2)c1C. The van der Waals surface area contributed by atoms with E-state index in [1.807, 2.05) is 29.8 Å². The molecule has 5 heteroatoms. The van der Waals surface area contributed by atoms with E-state index in [1.54, 1.807) is 0 Å². The Morgan fingerprint density at radius 3 is 2.92 bits per heavy atom. The molecule has 0 unspecified atom stereocenters. The van der Waals surface area contributed by atoms with Crippen molar-refractivity contribution in [1.82, 2.24) is 20.4 Å². The standard InChI is InChI=1S/C20H28N4O/c1-4-24-15(3)19(14(2)23-24)9-11-22-20(25)17-7-5-6-16(12-17)18-8-10-21-13-18/h5-7,12,18,21H,4,8-11,13H2,1-3H3,(H,22,25)/t18-/m0/s1. The van der Waals surface area contributed by atoms with Crippen LogP contribution in [0.4, 0.5) is 0 Å². The van der Waals surface area contributed by atoms with Crippen LogP contribution in [-0.2, 0) is 13.0 Å². The predicted molar refractivity (Wildman–Crippen MR) is 100 cm³/mol. The van der Waals surface area contributed by atoms with Crippen LogP contribution in [0, 0.1) is 13.8 Å². The van der Waals surface area contributed by atoms with Crippen molar-refractivity contribution in [2.45, 2.75) is 46.1 Å². The fourth-order valence-corrected chi connectivity index (χ4v) is 3.68. The number of benzene rings is 1. The molecule has 2 N–H and O–H groups in total. The lowest BCUT2D eigenvalue weighted by Gasteiger charge is -2.11. The smallest absolute Gasteiger partial charge is 0.251 e. The zero-order valence-electron chi connectivity index (χ0n) is 15.4. The van der Waals surface area contributed by atoms with Crippen LogP contribution in [0.2, 0.25) is 0 Å². The predicted octanol–water partition coefficient (Wildman–Crippen LogP) is 2.57. The first-order valence-electron chi connectivity index (χ1n) is 9.22. The van der Waals surface area contributed by atoms with E-state index in [4.69, 9.17) is 0 Å². The van der Waals surface area contributed by atoms with Crippen LogP contribution < -0.4 is 10.6 Å². The van der Waals surface area contributed by atoms with Crippen LogP contribution in [0.25, 0.3) is 0 Å². The minimum absolute atomic E-state index is 0.00555. The van der Waals surface area contributed by atoms with Crippen LogP contribution in [0.5, 0.6) is 0 Å². The van der Waals surface area contributed by atoms with Gasteiger partial charge < -0.3 is 10.6 Å². The lowest BCUT2D eigenvalue weighted by atomic mass is 9.96. The molecule has 1 fully saturated rings. The molecule has 134 valence electrons. The number of carbonyl (C=O) groups is 1. The van der Waals surface area contributed by atoms with Gasteiger partial charge in [0.2, 0.25) is 0 Å². The molecule has 0 saturated carbocycles. The Balaban J connectivity index is 1.59. The molecule has 1 aromatic carbocycles. The highest BCUT2D eigenvalue weighted by molar-refractivity contribution is 5.94. The number of aryl methyl sites for hydroxylation is 2. The second-order valence-electron chi connectivity index (χ2n) is 6.79. The average molecular weight is 340 g/mol. The Morgan fingerprint density at radius 1 is 1.40 bits per heavy atom. The van der Waals surface area contributed by atoms with Gasteiger partial charge in [-0.15, -0.1) is 0 Å². The number of carbonyl (C=O) groups excluding carboxylic acids is 1. The van der Waals surface area contributed by atoms with Crippen LogP contribution >= 0.6 is 0 Å². The van der Waals surface area contributed by atoms with E-state index in [0.29, 0.717) is 12.5 Å². The second kappa shape index (κ2) is 7.83. The van der Waals surface area contributed by atoms with E-state index in [9.17, 15) is 4.79 Å². The summed E-state index contributed by atoms with van der Waals surface area (Å²) in [5, 5.41) is 11.0. The van der Waals surface area contributed by atoms with Crippen molar-refractivity contribution < 1.29 is 4.79 Å². The van der Waals surface area contributed by atoms with Crippen molar-refractivity contribution in [3.05, 3.63) is 52.3 Å². The number of aromatic nitrogens is 2. The molecular weight excluding hydrogens is 312 g/mol. The highest BCUT2D eigenvalue weighted by Gasteiger charge is 2.18. The Hall–Kier alpha value is -2.14. The number of nitrogens with zero attached hydrogens (tertiary/aromatic N) is 2. The average Bonchev–Trinajstić information content (AvgIpc) is 3.25. The van der Waals surface area contributed by atoms with Gasteiger partial charge in [0, 0.05) is 30.9 Å². The summed E-state index contributed by atoms with van der Waals surface area (Å²) in [6.07, 6.45) is 1.96. The molecule has 1 aromatic heterocycles. The van der Waals surface area contributed by atoms with Gasteiger partial charge in [0.1, 0.15) is 0 Å². The normalized spacial score (nSPS) is 17.0. The van der Waals surface area contributed by atoms with Gasteiger partial charge >= 0.3 is 0 Å². The molecule has 0 spiro atoms. The monoisotopic (exact) mass is 340 g/mol. The molecule has 1 aliphatic heterocycles. The summed E-state index contributed by atoms with van der Waals surface area (Å²) in [6.45, 7) is 9.80. The molecule has 0 bridgehead atoms. The largest absolute Gasteiger partial charge is 0.352 e. The number of rotatable bonds is 6. The highest BCUT2D eigenvalue weighted by Crippen LogP contribution is 2.23. The Labute approximate surface area is 149 Å². The van der Waals surface area contributed by atoms with Gasteiger partial charge in [-0.1, -0.05) is 12.1 Å². The van der Waals surface area contributed by atoms with Crippen molar-refractivity contribution >= 4 is 5.91 Å². The Bertz CT molecular complexity index is 744. The quantitative estimate of drug-likeness (QED) is 0.850. The summed E-state index contributed by atoms with van der Waals surface area (Å²) < 4.78 is 2.02. The molecule has 2 heterocycles. The van der Waals surface area contributed by atoms with Crippen molar-refractivity contribution in [2.24, 2.45) is 0 Å². The highest BCUT2D eigenvalue weighted by atomic mass is 16.1. The van der Waals surface area contributed by atoms with E-state index >= 15 is 0 Å². The van der Waals surface area contributed by atoms with E-state index in [-0.39, 0.29) is 5.91 Å². The molecule has 1 atom stereocenters. The lowest BCUT2D eigenvalue weighted by Crippen LogP contribution is -2.26. The summed E-state index contributed by atoms with van der Waals surface area (Å²) in [5.74, 6) is 0.531. The molecule has 1 aliphatic rings. The van der Waals surface area contributed by atoms with Crippen LogP contribution in [0.15, 0.2) is 24.3 Å². The maximum Gasteiger partial charge on any atom is 0.251 e. The van der Waals surface area contributed by atoms with Crippen LogP contribution in [0.1, 0.15) is 52.1 Å². The van der Waals surface area contributed by atoms with Gasteiger partial charge in [0.25, 0.3) is 5.91 Å². The van der Waals surface area contributed by atoms with Gasteiger partial charge in [-0.2, -0.15) is 5.10 Å². The molecule has 1 saturated heterocycles. The number of amides is 1. The third kappa shape index (κ3) is 3.93. The van der Waals surface area contributed by atoms with E-state index < -0.39 is 0 Å². The third-order valence-electron chi connectivity index (χ3n) is 5.17. The Kier molecular flexibility index (Phi) is 5.53. The molecule has 0 radical (unpaired) electrons. The zero-order valence-corrected chi connectivity index (χ0v) is 15.4. The van der Waals surface area contributed by atoms with Crippen molar-refractivity contribution in [2.75, 3.05) is 19.6 Å². The molecule has 5 nitrogen and oxygen atoms in total. The fraction of sp³-hybridized carbons (Fsp3) is 0.500. The summed E-state index contributed by atoms with van der Waals surface area (Å²) in [4.78, 5) is 12.5. The molecule has 3 rings (SSSR count). The van der Waals surface area contributed by atoms with Crippen molar-refractivity contribution in [1.29, 1.82) is 0 Å². The van der Waals surface area contributed by atoms with E-state index in [1.165, 1.54) is 16.8 Å². The molecular formula is C20H28N4O. The minimum Gasteiger partial charge on any atom is -0.352 e. The lowest BCUT2D eigenvalue weighted by molar-refractivity contribution is 0.0954. The van der Waals surface area contributed by atoms with E-state index in [2.05, 4.69) is 35.6 Å². The van der Waals surface area contributed by atoms with Gasteiger partial charge in [0.15, 0.2) is 0 Å². The van der Waals surface area contributed by atoms with Crippen molar-refractivity contribution in [3.8, 4) is 0 Å². The fourth-order valence-electron chi connectivity index (χ4n) is 3.68. The summed E-state index contributed by atoms with van der Waals surface area (Å²) in [6, 6.07) is 8.05. The van der Waals surface area contributed by atoms with Gasteiger partial charge in [-0.25, -0.2) is 0 Å². The first-order valence-corrected chi connectivity index (χ1v) is 9.22. The maximum atomic E-state index is 12.5. The molecule has 2 aromatic rings. The Morgan fingerprint density at radius 2 is 2.24 bits per heavy atom. The summed E-state index contributed by atoms with van der Waals surface area (Å²) in [5.41, 5.74) is 5.51.